The largest absolute Gasteiger partial charge is 0.370 e. The number of pyridine rings is 1. The summed E-state index contributed by atoms with van der Waals surface area (Å²) in [4.78, 5) is 9.24. The number of nitrogens with zero attached hydrogens (tertiary/aromatic N) is 5. The lowest BCUT2D eigenvalue weighted by molar-refractivity contribution is 0.285. The lowest BCUT2D eigenvalue weighted by Crippen LogP contribution is -2.30. The highest BCUT2D eigenvalue weighted by atomic mass is 15.3. The van der Waals surface area contributed by atoms with Crippen molar-refractivity contribution in [3.05, 3.63) is 72.3 Å². The molecular formula is C21H25N5. The third-order valence-corrected chi connectivity index (χ3v) is 4.98. The number of anilines is 1. The Hall–Kier alpha value is -2.66. The molecule has 1 fully saturated rings. The van der Waals surface area contributed by atoms with Crippen LogP contribution in [0.2, 0.25) is 0 Å². The Morgan fingerprint density at radius 2 is 1.85 bits per heavy atom. The molecule has 0 unspecified atom stereocenters. The summed E-state index contributed by atoms with van der Waals surface area (Å²) in [6, 6.07) is 12.4. The summed E-state index contributed by atoms with van der Waals surface area (Å²) in [6.45, 7) is 7.44. The third-order valence-electron chi connectivity index (χ3n) is 4.98. The summed E-state index contributed by atoms with van der Waals surface area (Å²) in [5, 5.41) is 4.52. The van der Waals surface area contributed by atoms with Crippen molar-refractivity contribution >= 4 is 5.69 Å². The van der Waals surface area contributed by atoms with E-state index in [2.05, 4.69) is 51.2 Å². The molecule has 1 aliphatic rings. The fraction of sp³-hybridized carbons (Fsp3) is 0.333. The van der Waals surface area contributed by atoms with Crippen LogP contribution in [0.25, 0.3) is 5.69 Å². The minimum absolute atomic E-state index is 0.954. The summed E-state index contributed by atoms with van der Waals surface area (Å²) >= 11 is 0. The van der Waals surface area contributed by atoms with E-state index in [9.17, 15) is 0 Å². The van der Waals surface area contributed by atoms with Gasteiger partial charge in [-0.3, -0.25) is 9.88 Å². The van der Waals surface area contributed by atoms with Crippen molar-refractivity contribution in [3.8, 4) is 5.69 Å². The van der Waals surface area contributed by atoms with Gasteiger partial charge in [-0.05, 0) is 37.1 Å². The second-order valence-corrected chi connectivity index (χ2v) is 6.91. The van der Waals surface area contributed by atoms with E-state index in [1.165, 1.54) is 23.2 Å². The van der Waals surface area contributed by atoms with Gasteiger partial charge in [-0.25, -0.2) is 4.68 Å². The zero-order valence-electron chi connectivity index (χ0n) is 15.3. The number of hydrogen-bond donors (Lipinski definition) is 0. The van der Waals surface area contributed by atoms with E-state index in [0.29, 0.717) is 0 Å². The van der Waals surface area contributed by atoms with Gasteiger partial charge in [-0.15, -0.1) is 0 Å². The summed E-state index contributed by atoms with van der Waals surface area (Å²) in [7, 11) is 0. The molecule has 5 nitrogen and oxygen atoms in total. The molecule has 134 valence electrons. The first-order chi connectivity index (χ1) is 12.8. The molecule has 0 spiro atoms. The molecule has 3 aromatic rings. The molecule has 1 aromatic carbocycles. The highest BCUT2D eigenvalue weighted by Crippen LogP contribution is 2.20. The molecular weight excluding hydrogens is 322 g/mol. The van der Waals surface area contributed by atoms with E-state index >= 15 is 0 Å². The standard InChI is InChI=1S/C21H25N5/c1-18-14-22-9-8-21(18)25-11-5-10-24(12-13-25)16-19-15-23-26(17-19)20-6-3-2-4-7-20/h2-4,6-9,14-15,17H,5,10-13,16H2,1H3. The maximum Gasteiger partial charge on any atom is 0.0645 e. The monoisotopic (exact) mass is 347 g/mol. The van der Waals surface area contributed by atoms with Crippen LogP contribution in [0.15, 0.2) is 61.2 Å². The van der Waals surface area contributed by atoms with Crippen LogP contribution < -0.4 is 4.90 Å². The quantitative estimate of drug-likeness (QED) is 0.726. The molecule has 0 saturated carbocycles. The first kappa shape index (κ1) is 16.8. The minimum atomic E-state index is 0.954. The van der Waals surface area contributed by atoms with Gasteiger partial charge in [0.25, 0.3) is 0 Å². The summed E-state index contributed by atoms with van der Waals surface area (Å²) in [6.07, 6.45) is 9.15. The van der Waals surface area contributed by atoms with Gasteiger partial charge in [0, 0.05) is 62.6 Å². The zero-order valence-corrected chi connectivity index (χ0v) is 15.3. The van der Waals surface area contributed by atoms with E-state index in [1.807, 2.05) is 41.5 Å². The van der Waals surface area contributed by atoms with Gasteiger partial charge in [-0.1, -0.05) is 18.2 Å². The van der Waals surface area contributed by atoms with Gasteiger partial charge in [0.2, 0.25) is 0 Å². The number of rotatable bonds is 4. The van der Waals surface area contributed by atoms with E-state index in [0.717, 1.165) is 38.4 Å². The molecule has 26 heavy (non-hydrogen) atoms. The van der Waals surface area contributed by atoms with Crippen molar-refractivity contribution in [2.24, 2.45) is 0 Å². The van der Waals surface area contributed by atoms with E-state index < -0.39 is 0 Å². The van der Waals surface area contributed by atoms with Crippen molar-refractivity contribution in [1.82, 2.24) is 19.7 Å². The molecule has 1 aliphatic heterocycles. The molecule has 4 rings (SSSR count). The number of hydrogen-bond acceptors (Lipinski definition) is 4. The minimum Gasteiger partial charge on any atom is -0.370 e. The third kappa shape index (κ3) is 3.78. The normalized spacial score (nSPS) is 15.8. The van der Waals surface area contributed by atoms with E-state index in [4.69, 9.17) is 0 Å². The Morgan fingerprint density at radius 3 is 2.69 bits per heavy atom. The number of benzene rings is 1. The molecule has 5 heteroatoms. The molecule has 0 amide bonds. The number of aryl methyl sites for hydroxylation is 1. The van der Waals surface area contributed by atoms with Crippen LogP contribution in [-0.4, -0.2) is 45.8 Å². The maximum absolute atomic E-state index is 4.52. The Labute approximate surface area is 154 Å². The Kier molecular flexibility index (Phi) is 4.97. The van der Waals surface area contributed by atoms with Crippen molar-refractivity contribution in [2.45, 2.75) is 19.9 Å². The highest BCUT2D eigenvalue weighted by molar-refractivity contribution is 5.51. The molecule has 0 N–H and O–H groups in total. The van der Waals surface area contributed by atoms with Gasteiger partial charge in [0.05, 0.1) is 11.9 Å². The fourth-order valence-corrected chi connectivity index (χ4v) is 3.61. The predicted octanol–water partition coefficient (Wildman–Crippen LogP) is 3.29. The van der Waals surface area contributed by atoms with Crippen LogP contribution in [0.1, 0.15) is 17.5 Å². The van der Waals surface area contributed by atoms with Crippen molar-refractivity contribution < 1.29 is 0 Å². The molecule has 0 atom stereocenters. The predicted molar refractivity (Wildman–Crippen MR) is 105 cm³/mol. The van der Waals surface area contributed by atoms with Crippen molar-refractivity contribution in [2.75, 3.05) is 31.1 Å². The first-order valence-corrected chi connectivity index (χ1v) is 9.26. The lowest BCUT2D eigenvalue weighted by Gasteiger charge is -2.24. The van der Waals surface area contributed by atoms with Crippen LogP contribution in [0, 0.1) is 6.92 Å². The maximum atomic E-state index is 4.52. The SMILES string of the molecule is Cc1cnccc1N1CCCN(Cc2cnn(-c3ccccc3)c2)CC1. The average molecular weight is 347 g/mol. The smallest absolute Gasteiger partial charge is 0.0645 e. The first-order valence-electron chi connectivity index (χ1n) is 9.26. The van der Waals surface area contributed by atoms with Crippen molar-refractivity contribution in [3.63, 3.8) is 0 Å². The van der Waals surface area contributed by atoms with Crippen LogP contribution in [0.5, 0.6) is 0 Å². The van der Waals surface area contributed by atoms with Crippen molar-refractivity contribution in [1.29, 1.82) is 0 Å². The number of para-hydroxylation sites is 1. The Morgan fingerprint density at radius 1 is 0.962 bits per heavy atom. The Balaban J connectivity index is 1.39. The molecule has 2 aromatic heterocycles. The fourth-order valence-electron chi connectivity index (χ4n) is 3.61. The second-order valence-electron chi connectivity index (χ2n) is 6.91. The van der Waals surface area contributed by atoms with Crippen LogP contribution in [0.4, 0.5) is 5.69 Å². The highest BCUT2D eigenvalue weighted by Gasteiger charge is 2.17. The van der Waals surface area contributed by atoms with Gasteiger partial charge >= 0.3 is 0 Å². The molecule has 1 saturated heterocycles. The van der Waals surface area contributed by atoms with Gasteiger partial charge < -0.3 is 4.90 Å². The second kappa shape index (κ2) is 7.70. The van der Waals surface area contributed by atoms with Gasteiger partial charge in [0.15, 0.2) is 0 Å². The summed E-state index contributed by atoms with van der Waals surface area (Å²) in [5.74, 6) is 0. The van der Waals surface area contributed by atoms with E-state index in [-0.39, 0.29) is 0 Å². The average Bonchev–Trinajstić information content (AvgIpc) is 3.02. The zero-order chi connectivity index (χ0) is 17.8. The van der Waals surface area contributed by atoms with Gasteiger partial charge in [-0.2, -0.15) is 5.10 Å². The topological polar surface area (TPSA) is 37.2 Å². The number of aromatic nitrogens is 3. The van der Waals surface area contributed by atoms with Crippen LogP contribution >= 0.6 is 0 Å². The summed E-state index contributed by atoms with van der Waals surface area (Å²) < 4.78 is 1.96. The summed E-state index contributed by atoms with van der Waals surface area (Å²) in [5.41, 5.74) is 4.94. The molecule has 0 radical (unpaired) electrons. The Bertz CT molecular complexity index is 842. The lowest BCUT2D eigenvalue weighted by atomic mass is 10.2. The van der Waals surface area contributed by atoms with Crippen LogP contribution in [-0.2, 0) is 6.54 Å². The molecule has 0 aliphatic carbocycles. The molecule has 0 bridgehead atoms. The van der Waals surface area contributed by atoms with Gasteiger partial charge in [0.1, 0.15) is 0 Å². The van der Waals surface area contributed by atoms with E-state index in [1.54, 1.807) is 0 Å². The van der Waals surface area contributed by atoms with Crippen LogP contribution in [0.3, 0.4) is 0 Å². The molecule has 3 heterocycles.